The Morgan fingerprint density at radius 3 is 0.659 bits per heavy atom. The lowest BCUT2D eigenvalue weighted by molar-refractivity contribution is -0.929. The van der Waals surface area contributed by atoms with Crippen molar-refractivity contribution in [1.29, 1.82) is 0 Å². The van der Waals surface area contributed by atoms with E-state index in [-0.39, 0.29) is 95.9 Å². The molecule has 0 spiro atoms. The first kappa shape index (κ1) is 56.1. The van der Waals surface area contributed by atoms with Crippen LogP contribution in [0.2, 0.25) is 0 Å². The van der Waals surface area contributed by atoms with Crippen LogP contribution in [0.1, 0.15) is 130 Å². The molecule has 0 amide bonds. The molecule has 0 saturated heterocycles. The van der Waals surface area contributed by atoms with Crippen LogP contribution in [0.4, 0.5) is 0 Å². The Hall–Kier alpha value is 2.76. The molecule has 0 rings (SSSR count). The van der Waals surface area contributed by atoms with Crippen LogP contribution in [-0.4, -0.2) is 126 Å². The van der Waals surface area contributed by atoms with E-state index in [1.54, 1.807) is 0 Å². The zero-order chi connectivity index (χ0) is 30.4. The maximum absolute atomic E-state index is 2.43. The summed E-state index contributed by atoms with van der Waals surface area (Å²) in [6.45, 7) is 23.1. The van der Waals surface area contributed by atoms with Gasteiger partial charge in [0, 0.05) is 0 Å². The van der Waals surface area contributed by atoms with E-state index in [0.29, 0.717) is 0 Å². The first-order valence-electron chi connectivity index (χ1n) is 18.2. The molecule has 0 aromatic rings. The molecule has 0 aromatic carbocycles. The molecular weight excluding hydrogens is 996 g/mol. The average Bonchev–Trinajstić information content (AvgIpc) is 2.85. The lowest BCUT2D eigenvalue weighted by Gasteiger charge is -2.39. The van der Waals surface area contributed by atoms with Gasteiger partial charge in [0.05, 0.1) is 108 Å². The van der Waals surface area contributed by atoms with Gasteiger partial charge >= 0.3 is 0 Å². The van der Waals surface area contributed by atoms with Crippen LogP contribution in [0.15, 0.2) is 0 Å². The summed E-state index contributed by atoms with van der Waals surface area (Å²) in [7, 11) is 14.5. The number of halogens is 4. The number of hydrogen-bond acceptors (Lipinski definition) is 0. The highest BCUT2D eigenvalue weighted by atomic mass is 127. The molecule has 0 atom stereocenters. The Labute approximate surface area is 348 Å². The maximum atomic E-state index is 2.43. The Kier molecular flexibility index (Phi) is 42.0. The predicted molar refractivity (Wildman–Crippen MR) is 182 cm³/mol. The van der Waals surface area contributed by atoms with E-state index in [1.807, 2.05) is 0 Å². The van der Waals surface area contributed by atoms with Gasteiger partial charge in [-0.05, 0) is 103 Å². The molecule has 0 aliphatic heterocycles. The van der Waals surface area contributed by atoms with Crippen molar-refractivity contribution in [1.82, 2.24) is 0 Å². The molecular formula is C36H82I4N4. The predicted octanol–water partition coefficient (Wildman–Crippen LogP) is -3.63. The van der Waals surface area contributed by atoms with Crippen molar-refractivity contribution in [2.24, 2.45) is 0 Å². The summed E-state index contributed by atoms with van der Waals surface area (Å²) in [6, 6.07) is 0. The molecule has 44 heavy (non-hydrogen) atoms. The quantitative estimate of drug-likeness (QED) is 0.0413. The Balaban J connectivity index is -0.00000127. The van der Waals surface area contributed by atoms with Gasteiger partial charge in [-0.25, -0.2) is 0 Å². The lowest BCUT2D eigenvalue weighted by atomic mass is 10.1. The average molecular weight is 1080 g/mol. The van der Waals surface area contributed by atoms with Crippen LogP contribution >= 0.6 is 0 Å². The summed E-state index contributed by atoms with van der Waals surface area (Å²) in [5.41, 5.74) is 0. The van der Waals surface area contributed by atoms with Crippen molar-refractivity contribution in [2.45, 2.75) is 130 Å². The molecule has 4 nitrogen and oxygen atoms in total. The first-order chi connectivity index (χ1) is 18.9. The summed E-state index contributed by atoms with van der Waals surface area (Å²) in [5.74, 6) is 0. The fraction of sp³-hybridized carbons (Fsp3) is 1.00. The molecule has 0 N–H and O–H groups in total. The summed E-state index contributed by atoms with van der Waals surface area (Å²) < 4.78 is 5.03. The summed E-state index contributed by atoms with van der Waals surface area (Å²) in [4.78, 5) is 0. The monoisotopic (exact) mass is 1080 g/mol. The standard InChI is InChI=1S/C36H82N4.4HI/c1-11-27-37(5,6)31-21-15-18-24-34-40(30-14-4,35-25-19-16-22-32-38(7,8)28-12-2)36-26-20-17-23-33-39(9,10)29-13-3;;;;/h11-36H2,1-10H3;4*1H/q+4;;;;/p-4. The maximum Gasteiger partial charge on any atom is 0.0786 e. The van der Waals surface area contributed by atoms with Gasteiger partial charge < -0.3 is 114 Å². The molecule has 0 heterocycles. The minimum Gasteiger partial charge on any atom is -1.00 e. The zero-order valence-electron chi connectivity index (χ0n) is 31.7. The first-order valence-corrected chi connectivity index (χ1v) is 18.2. The van der Waals surface area contributed by atoms with E-state index in [4.69, 9.17) is 0 Å². The van der Waals surface area contributed by atoms with Crippen molar-refractivity contribution < 1.29 is 114 Å². The largest absolute Gasteiger partial charge is 1.00 e. The molecule has 274 valence electrons. The Bertz CT molecular complexity index is 514. The van der Waals surface area contributed by atoms with Crippen molar-refractivity contribution in [3.05, 3.63) is 0 Å². The third-order valence-electron chi connectivity index (χ3n) is 9.62. The Morgan fingerprint density at radius 2 is 0.455 bits per heavy atom. The normalized spacial score (nSPS) is 12.1. The van der Waals surface area contributed by atoms with Crippen molar-refractivity contribution >= 4 is 0 Å². The minimum atomic E-state index is 0. The van der Waals surface area contributed by atoms with Gasteiger partial charge in [0.25, 0.3) is 0 Å². The topological polar surface area (TPSA) is 0 Å². The van der Waals surface area contributed by atoms with Crippen molar-refractivity contribution in [2.75, 3.05) is 108 Å². The van der Waals surface area contributed by atoms with Gasteiger partial charge in [-0.1, -0.05) is 27.7 Å². The Morgan fingerprint density at radius 1 is 0.250 bits per heavy atom. The lowest BCUT2D eigenvalue weighted by Crippen LogP contribution is -3.00. The molecule has 0 aromatic heterocycles. The highest BCUT2D eigenvalue weighted by molar-refractivity contribution is 4.54. The fourth-order valence-electron chi connectivity index (χ4n) is 7.32. The summed E-state index contributed by atoms with van der Waals surface area (Å²) in [6.07, 6.45) is 22.3. The molecule has 0 unspecified atom stereocenters. The third kappa shape index (κ3) is 32.0. The van der Waals surface area contributed by atoms with Crippen molar-refractivity contribution in [3.8, 4) is 0 Å². The fourth-order valence-corrected chi connectivity index (χ4v) is 7.32. The van der Waals surface area contributed by atoms with E-state index in [0.717, 1.165) is 0 Å². The SMILES string of the molecule is CCC[N+](C)(C)CCCCCC[N+](CCC)(CCCCCC[N+](C)(C)CCC)CCCCCC[N+](C)(C)CCC.[I-].[I-].[I-].[I-]. The minimum absolute atomic E-state index is 0. The van der Waals surface area contributed by atoms with Gasteiger partial charge in [-0.3, -0.25) is 0 Å². The van der Waals surface area contributed by atoms with Crippen LogP contribution in [0.5, 0.6) is 0 Å². The number of unbranched alkanes of at least 4 members (excludes halogenated alkanes) is 9. The van der Waals surface area contributed by atoms with Gasteiger partial charge in [0.1, 0.15) is 0 Å². The van der Waals surface area contributed by atoms with Crippen LogP contribution in [0, 0.1) is 0 Å². The van der Waals surface area contributed by atoms with Crippen LogP contribution in [0.3, 0.4) is 0 Å². The van der Waals surface area contributed by atoms with Gasteiger partial charge in [0.2, 0.25) is 0 Å². The molecule has 8 heteroatoms. The van der Waals surface area contributed by atoms with Crippen molar-refractivity contribution in [3.63, 3.8) is 0 Å². The van der Waals surface area contributed by atoms with E-state index in [2.05, 4.69) is 70.0 Å². The summed E-state index contributed by atoms with van der Waals surface area (Å²) >= 11 is 0. The number of rotatable bonds is 29. The molecule has 0 fully saturated rings. The molecule has 0 aliphatic rings. The smallest absolute Gasteiger partial charge is 0.0786 e. The van der Waals surface area contributed by atoms with E-state index in [9.17, 15) is 0 Å². The van der Waals surface area contributed by atoms with E-state index in [1.165, 1.54) is 186 Å². The third-order valence-corrected chi connectivity index (χ3v) is 9.62. The second-order valence-electron chi connectivity index (χ2n) is 15.6. The second kappa shape index (κ2) is 32.9. The van der Waals surface area contributed by atoms with Crippen LogP contribution < -0.4 is 95.9 Å². The van der Waals surface area contributed by atoms with Gasteiger partial charge in [-0.15, -0.1) is 0 Å². The highest BCUT2D eigenvalue weighted by Crippen LogP contribution is 2.19. The molecule has 0 radical (unpaired) electrons. The van der Waals surface area contributed by atoms with Gasteiger partial charge in [-0.2, -0.15) is 0 Å². The molecule has 0 aliphatic carbocycles. The summed E-state index contributed by atoms with van der Waals surface area (Å²) in [5, 5.41) is 0. The number of quaternary nitrogens is 4. The zero-order valence-corrected chi connectivity index (χ0v) is 40.3. The van der Waals surface area contributed by atoms with Crippen LogP contribution in [0.25, 0.3) is 0 Å². The number of hydrogen-bond donors (Lipinski definition) is 0. The molecule has 0 bridgehead atoms. The highest BCUT2D eigenvalue weighted by Gasteiger charge is 2.25. The van der Waals surface area contributed by atoms with E-state index < -0.39 is 0 Å². The van der Waals surface area contributed by atoms with Crippen LogP contribution in [-0.2, 0) is 0 Å². The molecule has 0 saturated carbocycles. The number of nitrogens with zero attached hydrogens (tertiary/aromatic N) is 4. The second-order valence-corrected chi connectivity index (χ2v) is 15.6. The van der Waals surface area contributed by atoms with E-state index >= 15 is 0 Å². The van der Waals surface area contributed by atoms with Gasteiger partial charge in [0.15, 0.2) is 0 Å².